The average Bonchev–Trinajstić information content (AvgIpc) is 3.33. The summed E-state index contributed by atoms with van der Waals surface area (Å²) in [6.07, 6.45) is 3.22. The molecule has 2 heterocycles. The molecule has 222 valence electrons. The molecule has 0 aliphatic carbocycles. The highest BCUT2D eigenvalue weighted by atomic mass is 35.5. The Hall–Kier alpha value is -4.05. The Morgan fingerprint density at radius 1 is 0.953 bits per heavy atom. The van der Waals surface area contributed by atoms with E-state index < -0.39 is 12.0 Å². The van der Waals surface area contributed by atoms with E-state index in [2.05, 4.69) is 4.99 Å². The van der Waals surface area contributed by atoms with Crippen molar-refractivity contribution >= 4 is 46.6 Å². The Morgan fingerprint density at radius 3 is 2.47 bits per heavy atom. The molecule has 0 spiro atoms. The molecule has 1 aromatic heterocycles. The fraction of sp³-hybridized carbons (Fsp3) is 0.219. The molecule has 43 heavy (non-hydrogen) atoms. The lowest BCUT2D eigenvalue weighted by Crippen LogP contribution is -2.39. The van der Waals surface area contributed by atoms with Crippen LogP contribution >= 0.6 is 34.5 Å². The molecule has 0 unspecified atom stereocenters. The Morgan fingerprint density at radius 2 is 1.72 bits per heavy atom. The lowest BCUT2D eigenvalue weighted by Gasteiger charge is -2.23. The number of hydrogen-bond donors (Lipinski definition) is 0. The van der Waals surface area contributed by atoms with E-state index in [1.807, 2.05) is 50.2 Å². The van der Waals surface area contributed by atoms with Crippen LogP contribution in [-0.2, 0) is 16.1 Å². The molecule has 4 aromatic rings. The van der Waals surface area contributed by atoms with Gasteiger partial charge in [0.15, 0.2) is 16.3 Å². The van der Waals surface area contributed by atoms with Crippen LogP contribution in [0.1, 0.15) is 36.6 Å². The number of benzene rings is 3. The predicted octanol–water partition coefficient (Wildman–Crippen LogP) is 5.70. The minimum atomic E-state index is -0.790. The van der Waals surface area contributed by atoms with E-state index in [-0.39, 0.29) is 17.7 Å². The van der Waals surface area contributed by atoms with Gasteiger partial charge in [-0.3, -0.25) is 9.36 Å². The fourth-order valence-corrected chi connectivity index (χ4v) is 5.93. The fourth-order valence-electron chi connectivity index (χ4n) is 4.65. The van der Waals surface area contributed by atoms with Gasteiger partial charge in [0.2, 0.25) is 0 Å². The van der Waals surface area contributed by atoms with Gasteiger partial charge in [-0.25, -0.2) is 9.79 Å². The lowest BCUT2D eigenvalue weighted by atomic mass is 9.97. The molecule has 0 bridgehead atoms. The van der Waals surface area contributed by atoms with Crippen molar-refractivity contribution in [3.63, 3.8) is 0 Å². The summed E-state index contributed by atoms with van der Waals surface area (Å²) in [5.74, 6) is 1.08. The lowest BCUT2D eigenvalue weighted by molar-refractivity contribution is -0.136. The predicted molar refractivity (Wildman–Crippen MR) is 167 cm³/mol. The van der Waals surface area contributed by atoms with Crippen molar-refractivity contribution in [3.8, 4) is 17.2 Å². The van der Waals surface area contributed by atoms with Crippen molar-refractivity contribution in [3.05, 3.63) is 119 Å². The number of fused-ring (bicyclic) bond motifs is 1. The monoisotopic (exact) mass is 638 g/mol. The maximum Gasteiger partial charge on any atom is 0.337 e. The number of carbonyl (C=O) groups excluding carboxylic acids is 1. The molecular weight excluding hydrogens is 611 g/mol. The van der Waals surface area contributed by atoms with E-state index in [9.17, 15) is 9.59 Å². The van der Waals surface area contributed by atoms with Crippen LogP contribution in [0.5, 0.6) is 17.2 Å². The van der Waals surface area contributed by atoms with E-state index in [1.54, 1.807) is 30.3 Å². The zero-order valence-electron chi connectivity index (χ0n) is 23.6. The summed E-state index contributed by atoms with van der Waals surface area (Å²) < 4.78 is 24.6. The number of methoxy groups -OCH3 is 1. The second-order valence-electron chi connectivity index (χ2n) is 9.32. The first-order chi connectivity index (χ1) is 20.8. The standard InChI is InChI=1S/C32H28Cl2N2O6S/c1-4-40-26-13-11-21(15-27(26)41-5-2)29-22(31(38)39-3)17-35-32-36(29)30(37)28(43-32)16-20-8-6-7-9-25(20)42-18-19-10-12-23(33)24(34)14-19/h6-17,29H,4-5,18H2,1-3H3/b28-16-/t29-/m1/s1. The van der Waals surface area contributed by atoms with Gasteiger partial charge >= 0.3 is 5.97 Å². The van der Waals surface area contributed by atoms with Crippen LogP contribution in [0.2, 0.25) is 10.0 Å². The molecule has 0 radical (unpaired) electrons. The van der Waals surface area contributed by atoms with Crippen molar-refractivity contribution in [1.29, 1.82) is 0 Å². The van der Waals surface area contributed by atoms with Gasteiger partial charge in [0, 0.05) is 11.8 Å². The highest BCUT2D eigenvalue weighted by Crippen LogP contribution is 2.35. The normalized spacial score (nSPS) is 14.4. The van der Waals surface area contributed by atoms with Crippen LogP contribution in [0, 0.1) is 0 Å². The van der Waals surface area contributed by atoms with Crippen LogP contribution in [0.15, 0.2) is 82.2 Å². The second kappa shape index (κ2) is 13.5. The van der Waals surface area contributed by atoms with E-state index >= 15 is 0 Å². The van der Waals surface area contributed by atoms with Crippen molar-refractivity contribution < 1.29 is 23.7 Å². The van der Waals surface area contributed by atoms with Gasteiger partial charge in [0.1, 0.15) is 12.4 Å². The molecule has 0 saturated heterocycles. The molecule has 1 atom stereocenters. The van der Waals surface area contributed by atoms with E-state index in [1.165, 1.54) is 29.2 Å². The smallest absolute Gasteiger partial charge is 0.337 e. The molecular formula is C32H28Cl2N2O6S. The Labute approximate surface area is 262 Å². The van der Waals surface area contributed by atoms with Crippen LogP contribution < -0.4 is 29.1 Å². The number of nitrogens with zero attached hydrogens (tertiary/aromatic N) is 2. The first kappa shape index (κ1) is 30.4. The Bertz CT molecular complexity index is 1880. The van der Waals surface area contributed by atoms with Crippen molar-refractivity contribution in [2.75, 3.05) is 20.3 Å². The van der Waals surface area contributed by atoms with Crippen molar-refractivity contribution in [2.45, 2.75) is 26.5 Å². The maximum absolute atomic E-state index is 14.0. The average molecular weight is 640 g/mol. The molecule has 0 amide bonds. The SMILES string of the molecule is CCOc1ccc([C@@H]2C(C(=O)OC)=CN=c3s/c(=C\c4ccccc4OCc4ccc(Cl)c(Cl)c4)c(=O)n32)cc1OCC. The summed E-state index contributed by atoms with van der Waals surface area (Å²) >= 11 is 13.4. The maximum atomic E-state index is 14.0. The molecule has 5 rings (SSSR count). The number of esters is 1. The highest BCUT2D eigenvalue weighted by Gasteiger charge is 2.31. The van der Waals surface area contributed by atoms with Gasteiger partial charge < -0.3 is 18.9 Å². The number of aromatic nitrogens is 1. The van der Waals surface area contributed by atoms with Gasteiger partial charge in [-0.2, -0.15) is 0 Å². The van der Waals surface area contributed by atoms with Crippen LogP contribution in [0.4, 0.5) is 0 Å². The van der Waals surface area contributed by atoms with Gasteiger partial charge in [0.05, 0.1) is 46.5 Å². The van der Waals surface area contributed by atoms with Crippen LogP contribution in [0.3, 0.4) is 0 Å². The third-order valence-electron chi connectivity index (χ3n) is 6.59. The molecule has 1 aliphatic rings. The van der Waals surface area contributed by atoms with Gasteiger partial charge in [-0.1, -0.05) is 64.9 Å². The number of carbonyl (C=O) groups is 1. The number of rotatable bonds is 10. The zero-order chi connectivity index (χ0) is 30.5. The quantitative estimate of drug-likeness (QED) is 0.207. The topological polar surface area (TPSA) is 88.4 Å². The third kappa shape index (κ3) is 6.49. The Balaban J connectivity index is 1.57. The van der Waals surface area contributed by atoms with Crippen molar-refractivity contribution in [2.24, 2.45) is 4.99 Å². The van der Waals surface area contributed by atoms with E-state index in [0.29, 0.717) is 61.0 Å². The molecule has 8 nitrogen and oxygen atoms in total. The first-order valence-corrected chi connectivity index (χ1v) is 15.1. The minimum Gasteiger partial charge on any atom is -0.490 e. The third-order valence-corrected chi connectivity index (χ3v) is 8.33. The summed E-state index contributed by atoms with van der Waals surface area (Å²) in [6.45, 7) is 4.89. The van der Waals surface area contributed by atoms with Crippen molar-refractivity contribution in [1.82, 2.24) is 4.57 Å². The Kier molecular flexibility index (Phi) is 9.55. The summed E-state index contributed by atoms with van der Waals surface area (Å²) in [5.41, 5.74) is 2.11. The summed E-state index contributed by atoms with van der Waals surface area (Å²) in [4.78, 5) is 31.7. The van der Waals surface area contributed by atoms with Gasteiger partial charge in [-0.05, 0) is 61.4 Å². The molecule has 0 saturated carbocycles. The number of para-hydroxylation sites is 1. The van der Waals surface area contributed by atoms with Gasteiger partial charge in [0.25, 0.3) is 5.56 Å². The first-order valence-electron chi connectivity index (χ1n) is 13.5. The number of thiazole rings is 1. The number of ether oxygens (including phenoxy) is 4. The summed E-state index contributed by atoms with van der Waals surface area (Å²) in [7, 11) is 1.30. The summed E-state index contributed by atoms with van der Waals surface area (Å²) in [6, 6.07) is 17.3. The molecule has 0 N–H and O–H groups in total. The molecule has 3 aromatic carbocycles. The highest BCUT2D eigenvalue weighted by molar-refractivity contribution is 7.07. The van der Waals surface area contributed by atoms with E-state index in [4.69, 9.17) is 42.1 Å². The van der Waals surface area contributed by atoms with E-state index in [0.717, 1.165) is 5.56 Å². The number of hydrogen-bond acceptors (Lipinski definition) is 8. The number of halogens is 2. The molecule has 1 aliphatic heterocycles. The largest absolute Gasteiger partial charge is 0.490 e. The van der Waals surface area contributed by atoms with Crippen LogP contribution in [-0.4, -0.2) is 30.9 Å². The molecule has 11 heteroatoms. The second-order valence-corrected chi connectivity index (χ2v) is 11.1. The summed E-state index contributed by atoms with van der Waals surface area (Å²) in [5, 5.41) is 0.910. The zero-order valence-corrected chi connectivity index (χ0v) is 26.0. The minimum absolute atomic E-state index is 0.221. The van der Waals surface area contributed by atoms with Crippen LogP contribution in [0.25, 0.3) is 6.08 Å². The molecule has 0 fully saturated rings. The van der Waals surface area contributed by atoms with Gasteiger partial charge in [-0.15, -0.1) is 0 Å².